The van der Waals surface area contributed by atoms with E-state index in [0.29, 0.717) is 24.6 Å². The van der Waals surface area contributed by atoms with Crippen LogP contribution in [-0.4, -0.2) is 46.4 Å². The minimum atomic E-state index is -0.298. The molecule has 146 valence electrons. The van der Waals surface area contributed by atoms with E-state index in [4.69, 9.17) is 4.74 Å². The SMILES string of the molecule is COCCn1c(C)cc(O)c(C(c2cccnc2)N2CCC(C)CC2)c1=O. The average molecular weight is 371 g/mol. The number of nitrogens with zero attached hydrogens (tertiary/aromatic N) is 3. The molecule has 6 heteroatoms. The van der Waals surface area contributed by atoms with E-state index in [1.807, 2.05) is 19.1 Å². The Morgan fingerprint density at radius 2 is 2.11 bits per heavy atom. The predicted octanol–water partition coefficient (Wildman–Crippen LogP) is 2.73. The molecule has 3 rings (SSSR count). The third-order valence-electron chi connectivity index (χ3n) is 5.50. The Balaban J connectivity index is 2.11. The fourth-order valence-electron chi connectivity index (χ4n) is 3.87. The third-order valence-corrected chi connectivity index (χ3v) is 5.50. The lowest BCUT2D eigenvalue weighted by Crippen LogP contribution is -2.40. The van der Waals surface area contributed by atoms with Gasteiger partial charge in [0.15, 0.2) is 0 Å². The molecule has 1 N–H and O–H groups in total. The molecule has 0 aliphatic carbocycles. The van der Waals surface area contributed by atoms with Crippen LogP contribution in [0.25, 0.3) is 0 Å². The highest BCUT2D eigenvalue weighted by Crippen LogP contribution is 2.34. The lowest BCUT2D eigenvalue weighted by atomic mass is 9.92. The van der Waals surface area contributed by atoms with E-state index in [9.17, 15) is 9.90 Å². The summed E-state index contributed by atoms with van der Waals surface area (Å²) < 4.78 is 6.85. The van der Waals surface area contributed by atoms with Crippen molar-refractivity contribution in [3.05, 3.63) is 57.8 Å². The van der Waals surface area contributed by atoms with Gasteiger partial charge in [-0.15, -0.1) is 0 Å². The number of aromatic hydroxyl groups is 1. The lowest BCUT2D eigenvalue weighted by Gasteiger charge is -2.37. The topological polar surface area (TPSA) is 67.6 Å². The van der Waals surface area contributed by atoms with Gasteiger partial charge in [0, 0.05) is 31.7 Å². The quantitative estimate of drug-likeness (QED) is 0.846. The highest BCUT2D eigenvalue weighted by atomic mass is 16.5. The zero-order chi connectivity index (χ0) is 19.4. The summed E-state index contributed by atoms with van der Waals surface area (Å²) in [5.41, 5.74) is 1.94. The summed E-state index contributed by atoms with van der Waals surface area (Å²) >= 11 is 0. The van der Waals surface area contributed by atoms with Gasteiger partial charge in [0.2, 0.25) is 0 Å². The second-order valence-corrected chi connectivity index (χ2v) is 7.44. The molecule has 0 saturated carbocycles. The zero-order valence-corrected chi connectivity index (χ0v) is 16.4. The normalized spacial score (nSPS) is 17.1. The van der Waals surface area contributed by atoms with Crippen LogP contribution in [0.2, 0.25) is 0 Å². The molecule has 2 aromatic rings. The highest BCUT2D eigenvalue weighted by molar-refractivity contribution is 5.40. The molecule has 1 aliphatic heterocycles. The largest absolute Gasteiger partial charge is 0.507 e. The fourth-order valence-corrected chi connectivity index (χ4v) is 3.87. The second-order valence-electron chi connectivity index (χ2n) is 7.44. The number of hydrogen-bond acceptors (Lipinski definition) is 5. The van der Waals surface area contributed by atoms with Crippen LogP contribution in [-0.2, 0) is 11.3 Å². The zero-order valence-electron chi connectivity index (χ0n) is 16.4. The lowest BCUT2D eigenvalue weighted by molar-refractivity contribution is 0.153. The Bertz CT molecular complexity index is 811. The number of aromatic nitrogens is 2. The van der Waals surface area contributed by atoms with Crippen molar-refractivity contribution in [1.29, 1.82) is 0 Å². The molecule has 3 heterocycles. The first-order valence-electron chi connectivity index (χ1n) is 9.59. The molecule has 0 amide bonds. The first-order valence-corrected chi connectivity index (χ1v) is 9.59. The minimum Gasteiger partial charge on any atom is -0.507 e. The Morgan fingerprint density at radius 3 is 2.74 bits per heavy atom. The maximum Gasteiger partial charge on any atom is 0.259 e. The molecule has 1 atom stereocenters. The second kappa shape index (κ2) is 8.67. The van der Waals surface area contributed by atoms with Gasteiger partial charge in [0.1, 0.15) is 5.75 Å². The van der Waals surface area contributed by atoms with E-state index in [1.54, 1.807) is 30.1 Å². The van der Waals surface area contributed by atoms with Crippen LogP contribution in [0.4, 0.5) is 0 Å². The number of ether oxygens (including phenoxy) is 1. The smallest absolute Gasteiger partial charge is 0.259 e. The van der Waals surface area contributed by atoms with Crippen molar-refractivity contribution in [3.63, 3.8) is 0 Å². The van der Waals surface area contributed by atoms with Gasteiger partial charge in [0.05, 0.1) is 18.2 Å². The molecule has 1 fully saturated rings. The van der Waals surface area contributed by atoms with Gasteiger partial charge in [-0.25, -0.2) is 0 Å². The third kappa shape index (κ3) is 4.22. The Hall–Kier alpha value is -2.18. The van der Waals surface area contributed by atoms with Crippen molar-refractivity contribution in [2.75, 3.05) is 26.8 Å². The molecule has 0 spiro atoms. The summed E-state index contributed by atoms with van der Waals surface area (Å²) in [6.45, 7) is 6.80. The minimum absolute atomic E-state index is 0.0543. The van der Waals surface area contributed by atoms with E-state index in [0.717, 1.165) is 37.2 Å². The number of hydrogen-bond donors (Lipinski definition) is 1. The van der Waals surface area contributed by atoms with E-state index < -0.39 is 0 Å². The van der Waals surface area contributed by atoms with Crippen LogP contribution in [0.1, 0.15) is 42.6 Å². The van der Waals surface area contributed by atoms with Gasteiger partial charge >= 0.3 is 0 Å². The van der Waals surface area contributed by atoms with Crippen LogP contribution < -0.4 is 5.56 Å². The number of rotatable bonds is 6. The summed E-state index contributed by atoms with van der Waals surface area (Å²) in [5.74, 6) is 0.736. The fraction of sp³-hybridized carbons (Fsp3) is 0.524. The molecule has 1 saturated heterocycles. The van der Waals surface area contributed by atoms with Crippen LogP contribution >= 0.6 is 0 Å². The first kappa shape index (κ1) is 19.6. The van der Waals surface area contributed by atoms with Crippen molar-refractivity contribution in [1.82, 2.24) is 14.5 Å². The number of methoxy groups -OCH3 is 1. The number of piperidine rings is 1. The molecule has 0 aromatic carbocycles. The first-order chi connectivity index (χ1) is 13.0. The molecular formula is C21H29N3O3. The summed E-state index contributed by atoms with van der Waals surface area (Å²) in [5, 5.41) is 10.7. The van der Waals surface area contributed by atoms with E-state index in [2.05, 4.69) is 16.8 Å². The molecule has 0 bridgehead atoms. The van der Waals surface area contributed by atoms with Gasteiger partial charge in [-0.3, -0.25) is 14.7 Å². The molecule has 1 unspecified atom stereocenters. The van der Waals surface area contributed by atoms with Crippen molar-refractivity contribution in [3.8, 4) is 5.75 Å². The Morgan fingerprint density at radius 1 is 1.37 bits per heavy atom. The molecule has 1 aliphatic rings. The Kier molecular flexibility index (Phi) is 6.29. The number of aryl methyl sites for hydroxylation is 1. The van der Waals surface area contributed by atoms with Crippen LogP contribution in [0.5, 0.6) is 5.75 Å². The van der Waals surface area contributed by atoms with Crippen LogP contribution in [0.15, 0.2) is 35.4 Å². The molecule has 2 aromatic heterocycles. The summed E-state index contributed by atoms with van der Waals surface area (Å²) in [7, 11) is 1.62. The van der Waals surface area contributed by atoms with Crippen molar-refractivity contribution >= 4 is 0 Å². The van der Waals surface area contributed by atoms with Gasteiger partial charge in [-0.05, 0) is 56.5 Å². The molecule has 6 nitrogen and oxygen atoms in total. The summed E-state index contributed by atoms with van der Waals surface area (Å²) in [6.07, 6.45) is 5.69. The van der Waals surface area contributed by atoms with Gasteiger partial charge in [0.25, 0.3) is 5.56 Å². The van der Waals surface area contributed by atoms with Gasteiger partial charge in [-0.2, -0.15) is 0 Å². The standard InChI is InChI=1S/C21H29N3O3/c1-15-6-9-23(10-7-15)20(17-5-4-8-22-14-17)19-18(25)13-16(2)24(21(19)26)11-12-27-3/h4-5,8,13-15,20,25H,6-7,9-12H2,1-3H3. The van der Waals surface area contributed by atoms with Crippen molar-refractivity contribution < 1.29 is 9.84 Å². The predicted molar refractivity (Wildman–Crippen MR) is 105 cm³/mol. The number of likely N-dealkylation sites (tertiary alicyclic amines) is 1. The van der Waals surface area contributed by atoms with Gasteiger partial charge < -0.3 is 14.4 Å². The molecular weight excluding hydrogens is 342 g/mol. The number of pyridine rings is 2. The van der Waals surface area contributed by atoms with Crippen molar-refractivity contribution in [2.45, 2.75) is 39.3 Å². The summed E-state index contributed by atoms with van der Waals surface area (Å²) in [6, 6.07) is 5.24. The molecule has 27 heavy (non-hydrogen) atoms. The highest BCUT2D eigenvalue weighted by Gasteiger charge is 2.31. The van der Waals surface area contributed by atoms with E-state index in [1.165, 1.54) is 0 Å². The van der Waals surface area contributed by atoms with Crippen molar-refractivity contribution in [2.24, 2.45) is 5.92 Å². The maximum absolute atomic E-state index is 13.3. The molecule has 0 radical (unpaired) electrons. The average Bonchev–Trinajstić information content (AvgIpc) is 2.66. The maximum atomic E-state index is 13.3. The monoisotopic (exact) mass is 371 g/mol. The van der Waals surface area contributed by atoms with Gasteiger partial charge in [-0.1, -0.05) is 13.0 Å². The summed E-state index contributed by atoms with van der Waals surface area (Å²) in [4.78, 5) is 19.9. The Labute approximate surface area is 160 Å². The van der Waals surface area contributed by atoms with E-state index in [-0.39, 0.29) is 17.4 Å². The van der Waals surface area contributed by atoms with Crippen LogP contribution in [0, 0.1) is 12.8 Å². The van der Waals surface area contributed by atoms with Crippen LogP contribution in [0.3, 0.4) is 0 Å². The van der Waals surface area contributed by atoms with E-state index >= 15 is 0 Å².